The van der Waals surface area contributed by atoms with Crippen molar-refractivity contribution in [3.05, 3.63) is 23.5 Å². The maximum atomic E-state index is 14.4. The summed E-state index contributed by atoms with van der Waals surface area (Å²) < 4.78 is 34.2. The SMILES string of the molecule is CCOC(=O)C(CCc1ccc(OC)c(OC)c1F)C(=O)OCC. The second-order valence-electron chi connectivity index (χ2n) is 4.87. The van der Waals surface area contributed by atoms with Gasteiger partial charge in [0.25, 0.3) is 0 Å². The van der Waals surface area contributed by atoms with Gasteiger partial charge in [-0.2, -0.15) is 0 Å². The molecule has 0 amide bonds. The Bertz CT molecular complexity index is 554. The number of carbonyl (C=O) groups excluding carboxylic acids is 2. The number of hydrogen-bond acceptors (Lipinski definition) is 6. The van der Waals surface area contributed by atoms with Crippen molar-refractivity contribution in [1.82, 2.24) is 0 Å². The van der Waals surface area contributed by atoms with Crippen molar-refractivity contribution in [2.45, 2.75) is 26.7 Å². The molecule has 0 atom stereocenters. The Labute approximate surface area is 140 Å². The van der Waals surface area contributed by atoms with Gasteiger partial charge in [-0.1, -0.05) is 6.07 Å². The third-order valence-corrected chi connectivity index (χ3v) is 3.41. The van der Waals surface area contributed by atoms with Crippen LogP contribution in [0.5, 0.6) is 11.5 Å². The maximum Gasteiger partial charge on any atom is 0.320 e. The summed E-state index contributed by atoms with van der Waals surface area (Å²) in [5.74, 6) is -2.75. The molecule has 0 fully saturated rings. The molecule has 0 saturated carbocycles. The Balaban J connectivity index is 2.93. The van der Waals surface area contributed by atoms with Crippen LogP contribution in [0.3, 0.4) is 0 Å². The summed E-state index contributed by atoms with van der Waals surface area (Å²) in [6.07, 6.45) is 0.221. The van der Waals surface area contributed by atoms with E-state index in [1.807, 2.05) is 0 Å². The highest BCUT2D eigenvalue weighted by atomic mass is 19.1. The monoisotopic (exact) mass is 342 g/mol. The number of halogens is 1. The number of methoxy groups -OCH3 is 2. The molecule has 0 unspecified atom stereocenters. The molecular formula is C17H23FO6. The Morgan fingerprint density at radius 3 is 2.08 bits per heavy atom. The van der Waals surface area contributed by atoms with E-state index in [2.05, 4.69) is 0 Å². The molecule has 134 valence electrons. The van der Waals surface area contributed by atoms with Gasteiger partial charge in [0.15, 0.2) is 23.2 Å². The summed E-state index contributed by atoms with van der Waals surface area (Å²) in [7, 11) is 2.75. The van der Waals surface area contributed by atoms with Gasteiger partial charge in [-0.25, -0.2) is 4.39 Å². The van der Waals surface area contributed by atoms with Crippen LogP contribution in [0.4, 0.5) is 4.39 Å². The topological polar surface area (TPSA) is 71.1 Å². The molecule has 0 bridgehead atoms. The summed E-state index contributed by atoms with van der Waals surface area (Å²) in [6, 6.07) is 3.10. The molecule has 6 nitrogen and oxygen atoms in total. The van der Waals surface area contributed by atoms with Crippen LogP contribution in [-0.2, 0) is 25.5 Å². The largest absolute Gasteiger partial charge is 0.493 e. The van der Waals surface area contributed by atoms with Crippen LogP contribution in [0.25, 0.3) is 0 Å². The molecule has 0 aliphatic heterocycles. The third-order valence-electron chi connectivity index (χ3n) is 3.41. The van der Waals surface area contributed by atoms with E-state index in [0.29, 0.717) is 5.56 Å². The first kappa shape index (κ1) is 19.7. The zero-order chi connectivity index (χ0) is 18.1. The van der Waals surface area contributed by atoms with Gasteiger partial charge in [0.2, 0.25) is 0 Å². The highest BCUT2D eigenvalue weighted by molar-refractivity contribution is 5.94. The summed E-state index contributed by atoms with van der Waals surface area (Å²) in [5.41, 5.74) is 0.311. The summed E-state index contributed by atoms with van der Waals surface area (Å²) >= 11 is 0. The van der Waals surface area contributed by atoms with Gasteiger partial charge >= 0.3 is 11.9 Å². The second-order valence-corrected chi connectivity index (χ2v) is 4.87. The van der Waals surface area contributed by atoms with Crippen molar-refractivity contribution in [2.75, 3.05) is 27.4 Å². The van der Waals surface area contributed by atoms with Crippen molar-refractivity contribution in [3.63, 3.8) is 0 Å². The second kappa shape index (κ2) is 9.75. The van der Waals surface area contributed by atoms with E-state index in [1.54, 1.807) is 19.9 Å². The summed E-state index contributed by atoms with van der Waals surface area (Å²) in [6.45, 7) is 3.60. The minimum atomic E-state index is -1.09. The van der Waals surface area contributed by atoms with Crippen molar-refractivity contribution in [2.24, 2.45) is 5.92 Å². The fourth-order valence-electron chi connectivity index (χ4n) is 2.24. The molecule has 0 aliphatic carbocycles. The van der Waals surface area contributed by atoms with E-state index in [4.69, 9.17) is 18.9 Å². The number of ether oxygens (including phenoxy) is 4. The first-order valence-corrected chi connectivity index (χ1v) is 7.72. The van der Waals surface area contributed by atoms with Crippen molar-refractivity contribution < 1.29 is 32.9 Å². The Morgan fingerprint density at radius 1 is 1.04 bits per heavy atom. The molecule has 0 radical (unpaired) electrons. The van der Waals surface area contributed by atoms with E-state index >= 15 is 0 Å². The molecule has 0 spiro atoms. The normalized spacial score (nSPS) is 10.4. The molecule has 0 N–H and O–H groups in total. The van der Waals surface area contributed by atoms with Crippen molar-refractivity contribution >= 4 is 11.9 Å². The molecule has 1 rings (SSSR count). The quantitative estimate of drug-likeness (QED) is 0.507. The predicted octanol–water partition coefficient (Wildman–Crippen LogP) is 2.52. The first-order valence-electron chi connectivity index (χ1n) is 7.72. The average molecular weight is 342 g/mol. The van der Waals surface area contributed by atoms with Crippen molar-refractivity contribution in [3.8, 4) is 11.5 Å². The zero-order valence-corrected chi connectivity index (χ0v) is 14.4. The molecule has 0 aliphatic rings. The molecule has 1 aromatic rings. The van der Waals surface area contributed by atoms with Gasteiger partial charge in [0.1, 0.15) is 0 Å². The lowest BCUT2D eigenvalue weighted by molar-refractivity contribution is -0.161. The highest BCUT2D eigenvalue weighted by Crippen LogP contribution is 2.32. The van der Waals surface area contributed by atoms with E-state index in [0.717, 1.165) is 0 Å². The van der Waals surface area contributed by atoms with E-state index in [-0.39, 0.29) is 37.6 Å². The zero-order valence-electron chi connectivity index (χ0n) is 14.4. The Kier molecular flexibility index (Phi) is 8.01. The molecule has 7 heteroatoms. The van der Waals surface area contributed by atoms with Crippen molar-refractivity contribution in [1.29, 1.82) is 0 Å². The number of aryl methyl sites for hydroxylation is 1. The number of esters is 2. The number of hydrogen-bond donors (Lipinski definition) is 0. The van der Waals surface area contributed by atoms with Crippen LogP contribution in [0.2, 0.25) is 0 Å². The minimum absolute atomic E-state index is 0.0150. The third kappa shape index (κ3) is 4.84. The molecule has 0 aromatic heterocycles. The van der Waals surface area contributed by atoms with Gasteiger partial charge in [0, 0.05) is 0 Å². The van der Waals surface area contributed by atoms with Crippen LogP contribution in [0, 0.1) is 11.7 Å². The summed E-state index contributed by atoms with van der Waals surface area (Å²) in [4.78, 5) is 23.9. The minimum Gasteiger partial charge on any atom is -0.493 e. The van der Waals surface area contributed by atoms with Crippen LogP contribution in [0.15, 0.2) is 12.1 Å². The van der Waals surface area contributed by atoms with E-state index in [9.17, 15) is 14.0 Å². The van der Waals surface area contributed by atoms with Gasteiger partial charge in [-0.3, -0.25) is 9.59 Å². The van der Waals surface area contributed by atoms with E-state index < -0.39 is 23.7 Å². The summed E-state index contributed by atoms with van der Waals surface area (Å²) in [5, 5.41) is 0. The van der Waals surface area contributed by atoms with Gasteiger partial charge in [-0.05, 0) is 38.3 Å². The van der Waals surface area contributed by atoms with Crippen LogP contribution in [-0.4, -0.2) is 39.4 Å². The average Bonchev–Trinajstić information content (AvgIpc) is 2.56. The van der Waals surface area contributed by atoms with Crippen LogP contribution < -0.4 is 9.47 Å². The fraction of sp³-hybridized carbons (Fsp3) is 0.529. The highest BCUT2D eigenvalue weighted by Gasteiger charge is 2.29. The standard InChI is InChI=1S/C17H23FO6/c1-5-23-16(19)12(17(20)24-6-2)9-7-11-8-10-13(21-3)15(22-4)14(11)18/h8,10,12H,5-7,9H2,1-4H3. The maximum absolute atomic E-state index is 14.4. The number of carbonyl (C=O) groups is 2. The predicted molar refractivity (Wildman–Crippen MR) is 84.6 cm³/mol. The molecule has 0 saturated heterocycles. The lowest BCUT2D eigenvalue weighted by atomic mass is 9.98. The van der Waals surface area contributed by atoms with Gasteiger partial charge in [-0.15, -0.1) is 0 Å². The Hall–Kier alpha value is -2.31. The smallest absolute Gasteiger partial charge is 0.320 e. The Morgan fingerprint density at radius 2 is 1.62 bits per heavy atom. The molecule has 24 heavy (non-hydrogen) atoms. The lowest BCUT2D eigenvalue weighted by Crippen LogP contribution is -2.28. The van der Waals surface area contributed by atoms with Crippen LogP contribution in [0.1, 0.15) is 25.8 Å². The molecule has 0 heterocycles. The van der Waals surface area contributed by atoms with Gasteiger partial charge < -0.3 is 18.9 Å². The number of benzene rings is 1. The van der Waals surface area contributed by atoms with Crippen LogP contribution >= 0.6 is 0 Å². The molecule has 1 aromatic carbocycles. The first-order chi connectivity index (χ1) is 11.5. The fourth-order valence-corrected chi connectivity index (χ4v) is 2.24. The van der Waals surface area contributed by atoms with E-state index in [1.165, 1.54) is 20.3 Å². The number of rotatable bonds is 9. The lowest BCUT2D eigenvalue weighted by Gasteiger charge is -2.15. The van der Waals surface area contributed by atoms with Gasteiger partial charge in [0.05, 0.1) is 27.4 Å². The molecular weight excluding hydrogens is 319 g/mol.